The van der Waals surface area contributed by atoms with E-state index in [-0.39, 0.29) is 11.5 Å². The van der Waals surface area contributed by atoms with Gasteiger partial charge in [0.15, 0.2) is 11.6 Å². The summed E-state index contributed by atoms with van der Waals surface area (Å²) in [5, 5.41) is 21.0. The molecule has 0 atom stereocenters. The fourth-order valence-corrected chi connectivity index (χ4v) is 5.95. The first-order valence-corrected chi connectivity index (χ1v) is 15.9. The number of carbonyl (C=O) groups is 2. The molecule has 15 heteroatoms. The number of nitrogens with zero attached hydrogens (tertiary/aromatic N) is 5. The minimum Gasteiger partial charge on any atom is -0.325 e. The van der Waals surface area contributed by atoms with Crippen LogP contribution in [0.4, 0.5) is 36.2 Å². The molecule has 0 bridgehead atoms. The average Bonchev–Trinajstić information content (AvgIpc) is 3.66. The van der Waals surface area contributed by atoms with E-state index < -0.39 is 17.6 Å². The molecular formula is C32H32F3N9O2S. The number of H-pyrrole nitrogens is 1. The predicted octanol–water partition coefficient (Wildman–Crippen LogP) is 6.74. The van der Waals surface area contributed by atoms with Crippen LogP contribution < -0.4 is 16.0 Å². The second-order valence-electron chi connectivity index (χ2n) is 11.2. The standard InChI is InChI=1S/C32H32F3N9O2S/c1-20-16-27(41-40-20)38-29-26-18-24(36-28(45)12-15-43-13-3-2-4-14-43)19-44(26)42-31(39-29)47-25-10-8-23(9-11-25)37-30(46)21-6-5-7-22(17-21)32(33,34)35/h5-11,16-19H,2-4,12-15H2,1H3,(H,36,45)(H,37,46)(H2,38,39,40,41,42). The Morgan fingerprint density at radius 1 is 0.979 bits per heavy atom. The molecule has 4 heterocycles. The maximum atomic E-state index is 13.1. The van der Waals surface area contributed by atoms with Gasteiger partial charge < -0.3 is 20.9 Å². The van der Waals surface area contributed by atoms with E-state index in [0.717, 1.165) is 42.4 Å². The number of carbonyl (C=O) groups excluding carboxylic acids is 2. The Bertz CT molecular complexity index is 1880. The minimum absolute atomic E-state index is 0.0771. The molecule has 2 aromatic carbocycles. The van der Waals surface area contributed by atoms with Crippen LogP contribution in [0.1, 0.15) is 47.3 Å². The molecular weight excluding hydrogens is 631 g/mol. The molecule has 3 aromatic heterocycles. The maximum absolute atomic E-state index is 13.1. The summed E-state index contributed by atoms with van der Waals surface area (Å²) in [6, 6.07) is 14.7. The average molecular weight is 664 g/mol. The highest BCUT2D eigenvalue weighted by Crippen LogP contribution is 2.32. The molecule has 1 saturated heterocycles. The lowest BCUT2D eigenvalue weighted by atomic mass is 10.1. The molecule has 1 aliphatic heterocycles. The van der Waals surface area contributed by atoms with Crippen molar-refractivity contribution in [3.8, 4) is 0 Å². The van der Waals surface area contributed by atoms with Gasteiger partial charge in [-0.25, -0.2) is 9.50 Å². The van der Waals surface area contributed by atoms with E-state index in [2.05, 4.69) is 36.1 Å². The largest absolute Gasteiger partial charge is 0.416 e. The van der Waals surface area contributed by atoms with Gasteiger partial charge >= 0.3 is 6.18 Å². The first-order chi connectivity index (χ1) is 22.6. The van der Waals surface area contributed by atoms with Crippen LogP contribution >= 0.6 is 11.8 Å². The number of alkyl halides is 3. The van der Waals surface area contributed by atoms with Gasteiger partial charge in [-0.15, -0.1) is 5.10 Å². The van der Waals surface area contributed by atoms with E-state index in [4.69, 9.17) is 4.98 Å². The van der Waals surface area contributed by atoms with Crippen molar-refractivity contribution in [2.24, 2.45) is 0 Å². The van der Waals surface area contributed by atoms with Crippen LogP contribution in [0.5, 0.6) is 0 Å². The van der Waals surface area contributed by atoms with Gasteiger partial charge in [0.2, 0.25) is 11.1 Å². The molecule has 0 aliphatic carbocycles. The van der Waals surface area contributed by atoms with Gasteiger partial charge in [-0.2, -0.15) is 18.3 Å². The van der Waals surface area contributed by atoms with Gasteiger partial charge in [-0.05, 0) is 93.1 Å². The number of hydrogen-bond acceptors (Lipinski definition) is 8. The normalized spacial score (nSPS) is 13.9. The highest BCUT2D eigenvalue weighted by molar-refractivity contribution is 7.99. The SMILES string of the molecule is Cc1cc(Nc2nc(Sc3ccc(NC(=O)c4cccc(C(F)(F)F)c4)cc3)nn3cc(NC(=O)CCN4CCCCC4)cc23)n[nH]1. The van der Waals surface area contributed by atoms with Crippen molar-refractivity contribution >= 4 is 52.1 Å². The molecule has 0 spiro atoms. The molecule has 47 heavy (non-hydrogen) atoms. The molecule has 0 radical (unpaired) electrons. The first-order valence-electron chi connectivity index (χ1n) is 15.1. The molecule has 244 valence electrons. The highest BCUT2D eigenvalue weighted by Gasteiger charge is 2.31. The lowest BCUT2D eigenvalue weighted by Crippen LogP contribution is -2.32. The third kappa shape index (κ3) is 8.29. The second kappa shape index (κ2) is 13.8. The lowest BCUT2D eigenvalue weighted by Gasteiger charge is -2.25. The van der Waals surface area contributed by atoms with Gasteiger partial charge in [-0.1, -0.05) is 12.5 Å². The molecule has 1 aliphatic rings. The number of fused-ring (bicyclic) bond motifs is 1. The summed E-state index contributed by atoms with van der Waals surface area (Å²) in [7, 11) is 0. The summed E-state index contributed by atoms with van der Waals surface area (Å²) in [5.74, 6) is 0.310. The summed E-state index contributed by atoms with van der Waals surface area (Å²) >= 11 is 1.27. The predicted molar refractivity (Wildman–Crippen MR) is 173 cm³/mol. The summed E-state index contributed by atoms with van der Waals surface area (Å²) in [4.78, 5) is 33.2. The lowest BCUT2D eigenvalue weighted by molar-refractivity contribution is -0.137. The van der Waals surface area contributed by atoms with Gasteiger partial charge in [-0.3, -0.25) is 14.7 Å². The smallest absolute Gasteiger partial charge is 0.325 e. The Morgan fingerprint density at radius 2 is 1.77 bits per heavy atom. The number of piperidine rings is 1. The second-order valence-corrected chi connectivity index (χ2v) is 12.3. The van der Waals surface area contributed by atoms with Crippen molar-refractivity contribution in [2.45, 2.75) is 48.8 Å². The van der Waals surface area contributed by atoms with E-state index >= 15 is 0 Å². The minimum atomic E-state index is -4.55. The van der Waals surface area contributed by atoms with E-state index in [1.165, 1.54) is 43.2 Å². The number of halogens is 3. The van der Waals surface area contributed by atoms with Crippen LogP contribution in [0.2, 0.25) is 0 Å². The van der Waals surface area contributed by atoms with Crippen LogP contribution in [0, 0.1) is 6.92 Å². The Kier molecular flexibility index (Phi) is 9.45. The van der Waals surface area contributed by atoms with Crippen molar-refractivity contribution in [2.75, 3.05) is 35.6 Å². The number of nitrogens with one attached hydrogen (secondary N) is 4. The Morgan fingerprint density at radius 3 is 2.49 bits per heavy atom. The molecule has 1 fully saturated rings. The van der Waals surface area contributed by atoms with Gasteiger partial charge in [0.1, 0.15) is 5.52 Å². The summed E-state index contributed by atoms with van der Waals surface area (Å²) in [6.07, 6.45) is 1.16. The van der Waals surface area contributed by atoms with Gasteiger partial charge in [0.25, 0.3) is 5.91 Å². The summed E-state index contributed by atoms with van der Waals surface area (Å²) in [5.41, 5.74) is 1.51. The molecule has 6 rings (SSSR count). The molecule has 11 nitrogen and oxygen atoms in total. The Labute approximate surface area is 272 Å². The zero-order valence-corrected chi connectivity index (χ0v) is 26.2. The number of likely N-dealkylation sites (tertiary alicyclic amines) is 1. The van der Waals surface area contributed by atoms with Crippen LogP contribution in [-0.2, 0) is 11.0 Å². The number of aromatic nitrogens is 5. The topological polar surface area (TPSA) is 132 Å². The Balaban J connectivity index is 1.17. The van der Waals surface area contributed by atoms with Crippen molar-refractivity contribution in [1.82, 2.24) is 29.7 Å². The summed E-state index contributed by atoms with van der Waals surface area (Å²) < 4.78 is 40.8. The van der Waals surface area contributed by atoms with Gasteiger partial charge in [0, 0.05) is 40.9 Å². The number of hydrogen-bond donors (Lipinski definition) is 4. The van der Waals surface area contributed by atoms with E-state index in [1.54, 1.807) is 41.0 Å². The summed E-state index contributed by atoms with van der Waals surface area (Å²) in [6.45, 7) is 4.66. The van der Waals surface area contributed by atoms with Crippen LogP contribution in [-0.4, -0.2) is 61.1 Å². The van der Waals surface area contributed by atoms with Crippen LogP contribution in [0.25, 0.3) is 5.52 Å². The number of aromatic amines is 1. The zero-order valence-electron chi connectivity index (χ0n) is 25.4. The van der Waals surface area contributed by atoms with E-state index in [0.29, 0.717) is 40.1 Å². The van der Waals surface area contributed by atoms with E-state index in [1.807, 2.05) is 13.0 Å². The van der Waals surface area contributed by atoms with Crippen LogP contribution in [0.15, 0.2) is 76.9 Å². The van der Waals surface area contributed by atoms with Crippen molar-refractivity contribution < 1.29 is 22.8 Å². The maximum Gasteiger partial charge on any atom is 0.416 e. The molecule has 0 unspecified atom stereocenters. The van der Waals surface area contributed by atoms with E-state index in [9.17, 15) is 22.8 Å². The van der Waals surface area contributed by atoms with Crippen LogP contribution in [0.3, 0.4) is 0 Å². The highest BCUT2D eigenvalue weighted by atomic mass is 32.2. The van der Waals surface area contributed by atoms with Crippen molar-refractivity contribution in [3.63, 3.8) is 0 Å². The number of rotatable bonds is 10. The number of benzene rings is 2. The zero-order chi connectivity index (χ0) is 33.0. The monoisotopic (exact) mass is 663 g/mol. The third-order valence-electron chi connectivity index (χ3n) is 7.56. The fraction of sp³-hybridized carbons (Fsp3) is 0.281. The first kappa shape index (κ1) is 32.1. The number of aryl methyl sites for hydroxylation is 1. The fourth-order valence-electron chi connectivity index (χ4n) is 5.20. The third-order valence-corrected chi connectivity index (χ3v) is 8.42. The molecule has 0 saturated carbocycles. The quantitative estimate of drug-likeness (QED) is 0.129. The number of amides is 2. The van der Waals surface area contributed by atoms with Gasteiger partial charge in [0.05, 0.1) is 17.4 Å². The van der Waals surface area contributed by atoms with Crippen molar-refractivity contribution in [3.05, 3.63) is 83.7 Å². The molecule has 2 amide bonds. The number of anilines is 4. The molecule has 4 N–H and O–H groups in total. The Hall–Kier alpha value is -4.89. The van der Waals surface area contributed by atoms with Crippen molar-refractivity contribution in [1.29, 1.82) is 0 Å². The molecule has 5 aromatic rings.